The Kier molecular flexibility index (Phi) is 5.07. The zero-order chi connectivity index (χ0) is 21.5. The molecule has 0 aliphatic carbocycles. The lowest BCUT2D eigenvalue weighted by molar-refractivity contribution is -0.200. The first-order chi connectivity index (χ1) is 14.2. The van der Waals surface area contributed by atoms with E-state index in [1.54, 1.807) is 29.4 Å². The van der Waals surface area contributed by atoms with Crippen LogP contribution in [0.2, 0.25) is 0 Å². The molecule has 1 spiro atoms. The summed E-state index contributed by atoms with van der Waals surface area (Å²) < 4.78 is 44.0. The SMILES string of the molecule is CC(OC(=O)N1CCC2(CCCN2C(=O)c2cc3ncccn3n2)CC1)C(F)(F)F. The average Bonchev–Trinajstić information content (AvgIpc) is 3.31. The molecule has 2 aliphatic heterocycles. The molecule has 2 aliphatic rings. The Morgan fingerprint density at radius 3 is 2.60 bits per heavy atom. The summed E-state index contributed by atoms with van der Waals surface area (Å²) in [6, 6.07) is 3.36. The van der Waals surface area contributed by atoms with Gasteiger partial charge in [0.15, 0.2) is 17.4 Å². The van der Waals surface area contributed by atoms with E-state index < -0.39 is 23.9 Å². The molecule has 2 fully saturated rings. The van der Waals surface area contributed by atoms with E-state index in [-0.39, 0.29) is 19.0 Å². The number of carbonyl (C=O) groups is 2. The van der Waals surface area contributed by atoms with Crippen LogP contribution < -0.4 is 0 Å². The van der Waals surface area contributed by atoms with E-state index >= 15 is 0 Å². The van der Waals surface area contributed by atoms with Gasteiger partial charge in [-0.15, -0.1) is 0 Å². The molecule has 0 N–H and O–H groups in total. The van der Waals surface area contributed by atoms with Crippen molar-refractivity contribution in [1.29, 1.82) is 0 Å². The number of halogens is 3. The second-order valence-corrected chi connectivity index (χ2v) is 7.79. The van der Waals surface area contributed by atoms with Gasteiger partial charge in [0, 0.05) is 43.6 Å². The highest BCUT2D eigenvalue weighted by atomic mass is 19.4. The molecule has 2 aromatic heterocycles. The Hall–Kier alpha value is -2.85. The molecule has 0 saturated carbocycles. The molecule has 1 unspecified atom stereocenters. The third-order valence-corrected chi connectivity index (χ3v) is 5.99. The second kappa shape index (κ2) is 7.44. The van der Waals surface area contributed by atoms with Crippen LogP contribution in [0.25, 0.3) is 5.65 Å². The number of hydrogen-bond acceptors (Lipinski definition) is 5. The summed E-state index contributed by atoms with van der Waals surface area (Å²) in [7, 11) is 0. The lowest BCUT2D eigenvalue weighted by atomic mass is 9.85. The molecular formula is C19H22F3N5O3. The molecule has 162 valence electrons. The first-order valence-electron chi connectivity index (χ1n) is 9.84. The van der Waals surface area contributed by atoms with Crippen LogP contribution in [-0.4, -0.2) is 73.9 Å². The Bertz CT molecular complexity index is 919. The fourth-order valence-corrected chi connectivity index (χ4v) is 4.25. The maximum Gasteiger partial charge on any atom is 0.425 e. The predicted molar refractivity (Wildman–Crippen MR) is 98.8 cm³/mol. The summed E-state index contributed by atoms with van der Waals surface area (Å²) >= 11 is 0. The topological polar surface area (TPSA) is 80.0 Å². The monoisotopic (exact) mass is 425 g/mol. The van der Waals surface area contributed by atoms with Crippen molar-refractivity contribution in [3.63, 3.8) is 0 Å². The van der Waals surface area contributed by atoms with E-state index in [2.05, 4.69) is 14.8 Å². The molecule has 0 radical (unpaired) electrons. The Morgan fingerprint density at radius 2 is 1.93 bits per heavy atom. The van der Waals surface area contributed by atoms with E-state index in [0.717, 1.165) is 19.8 Å². The normalized spacial score (nSPS) is 20.0. The molecule has 30 heavy (non-hydrogen) atoms. The van der Waals surface area contributed by atoms with Crippen LogP contribution in [-0.2, 0) is 4.74 Å². The summed E-state index contributed by atoms with van der Waals surface area (Å²) in [6.07, 6.45) is -1.81. The molecule has 2 amide bonds. The molecular weight excluding hydrogens is 403 g/mol. The lowest BCUT2D eigenvalue weighted by Gasteiger charge is -2.44. The fourth-order valence-electron chi connectivity index (χ4n) is 4.25. The fraction of sp³-hybridized carbons (Fsp3) is 0.579. The number of nitrogens with zero attached hydrogens (tertiary/aromatic N) is 5. The molecule has 8 nitrogen and oxygen atoms in total. The average molecular weight is 425 g/mol. The standard InChI is InChI=1S/C19H22F3N5O3/c1-13(19(20,21)22)30-17(29)25-10-5-18(6-11-25)4-2-8-26(18)16(28)14-12-15-23-7-3-9-27(15)24-14/h3,7,9,12-13H,2,4-6,8,10-11H2,1H3. The van der Waals surface area contributed by atoms with E-state index in [9.17, 15) is 22.8 Å². The van der Waals surface area contributed by atoms with Crippen LogP contribution in [0.4, 0.5) is 18.0 Å². The van der Waals surface area contributed by atoms with Crippen LogP contribution in [0.5, 0.6) is 0 Å². The molecule has 4 rings (SSSR count). The van der Waals surface area contributed by atoms with Gasteiger partial charge in [0.05, 0.1) is 0 Å². The Balaban J connectivity index is 1.43. The number of alkyl halides is 3. The number of aromatic nitrogens is 3. The lowest BCUT2D eigenvalue weighted by Crippen LogP contribution is -2.55. The first kappa shape index (κ1) is 20.4. The maximum atomic E-state index is 13.2. The highest BCUT2D eigenvalue weighted by Gasteiger charge is 2.47. The van der Waals surface area contributed by atoms with Gasteiger partial charge in [-0.3, -0.25) is 4.79 Å². The van der Waals surface area contributed by atoms with Gasteiger partial charge >= 0.3 is 12.3 Å². The van der Waals surface area contributed by atoms with Gasteiger partial charge in [0.1, 0.15) is 0 Å². The molecule has 0 aromatic carbocycles. The third kappa shape index (κ3) is 3.68. The molecule has 1 atom stereocenters. The summed E-state index contributed by atoms with van der Waals surface area (Å²) in [5.41, 5.74) is 0.452. The molecule has 2 aromatic rings. The minimum Gasteiger partial charge on any atom is -0.437 e. The van der Waals surface area contributed by atoms with Gasteiger partial charge in [-0.05, 0) is 38.7 Å². The number of rotatable bonds is 2. The predicted octanol–water partition coefficient (Wildman–Crippen LogP) is 2.89. The quantitative estimate of drug-likeness (QED) is 0.739. The first-order valence-corrected chi connectivity index (χ1v) is 9.84. The zero-order valence-corrected chi connectivity index (χ0v) is 16.4. The largest absolute Gasteiger partial charge is 0.437 e. The smallest absolute Gasteiger partial charge is 0.425 e. The highest BCUT2D eigenvalue weighted by molar-refractivity contribution is 5.94. The van der Waals surface area contributed by atoms with Crippen molar-refractivity contribution in [3.05, 3.63) is 30.2 Å². The minimum atomic E-state index is -4.59. The van der Waals surface area contributed by atoms with Gasteiger partial charge in [-0.1, -0.05) is 0 Å². The van der Waals surface area contributed by atoms with Crippen LogP contribution >= 0.6 is 0 Å². The summed E-state index contributed by atoms with van der Waals surface area (Å²) in [5.74, 6) is -0.195. The van der Waals surface area contributed by atoms with Crippen molar-refractivity contribution in [2.45, 2.75) is 50.4 Å². The minimum absolute atomic E-state index is 0.195. The number of likely N-dealkylation sites (tertiary alicyclic amines) is 2. The molecule has 2 saturated heterocycles. The number of fused-ring (bicyclic) bond motifs is 1. The van der Waals surface area contributed by atoms with Crippen molar-refractivity contribution >= 4 is 17.6 Å². The third-order valence-electron chi connectivity index (χ3n) is 5.99. The van der Waals surface area contributed by atoms with Crippen LogP contribution in [0.3, 0.4) is 0 Å². The van der Waals surface area contributed by atoms with Crippen molar-refractivity contribution in [3.8, 4) is 0 Å². The van der Waals surface area contributed by atoms with Crippen molar-refractivity contribution < 1.29 is 27.5 Å². The summed E-state index contributed by atoms with van der Waals surface area (Å²) in [5, 5.41) is 4.31. The molecule has 11 heteroatoms. The zero-order valence-electron chi connectivity index (χ0n) is 16.4. The van der Waals surface area contributed by atoms with E-state index in [1.807, 2.05) is 0 Å². The molecule has 0 bridgehead atoms. The van der Waals surface area contributed by atoms with Gasteiger partial charge in [-0.25, -0.2) is 14.3 Å². The van der Waals surface area contributed by atoms with Gasteiger partial charge < -0.3 is 14.5 Å². The van der Waals surface area contributed by atoms with E-state index in [0.29, 0.717) is 30.7 Å². The Labute approximate surface area is 170 Å². The van der Waals surface area contributed by atoms with Crippen LogP contribution in [0.15, 0.2) is 24.5 Å². The number of carbonyl (C=O) groups excluding carboxylic acids is 2. The number of piperidine rings is 1. The second-order valence-electron chi connectivity index (χ2n) is 7.79. The van der Waals surface area contributed by atoms with Crippen LogP contribution in [0, 0.1) is 0 Å². The van der Waals surface area contributed by atoms with Gasteiger partial charge in [-0.2, -0.15) is 18.3 Å². The van der Waals surface area contributed by atoms with Crippen molar-refractivity contribution in [2.75, 3.05) is 19.6 Å². The van der Waals surface area contributed by atoms with E-state index in [1.165, 1.54) is 9.42 Å². The maximum absolute atomic E-state index is 13.2. The summed E-state index contributed by atoms with van der Waals surface area (Å²) in [6.45, 7) is 1.86. The number of amides is 2. The highest BCUT2D eigenvalue weighted by Crippen LogP contribution is 2.39. The summed E-state index contributed by atoms with van der Waals surface area (Å²) in [4.78, 5) is 32.5. The Morgan fingerprint density at radius 1 is 1.20 bits per heavy atom. The number of ether oxygens (including phenoxy) is 1. The molecule has 4 heterocycles. The van der Waals surface area contributed by atoms with Gasteiger partial charge in [0.2, 0.25) is 0 Å². The van der Waals surface area contributed by atoms with E-state index in [4.69, 9.17) is 0 Å². The van der Waals surface area contributed by atoms with Crippen molar-refractivity contribution in [2.24, 2.45) is 0 Å². The number of hydrogen-bond donors (Lipinski definition) is 0. The van der Waals surface area contributed by atoms with Crippen molar-refractivity contribution in [1.82, 2.24) is 24.4 Å². The van der Waals surface area contributed by atoms with Crippen LogP contribution in [0.1, 0.15) is 43.1 Å². The van der Waals surface area contributed by atoms with Gasteiger partial charge in [0.25, 0.3) is 5.91 Å².